The maximum Gasteiger partial charge on any atom is 0.129 e. The van der Waals surface area contributed by atoms with E-state index in [1.54, 1.807) is 11.3 Å². The third kappa shape index (κ3) is 3.33. The molecule has 0 aliphatic heterocycles. The van der Waals surface area contributed by atoms with Gasteiger partial charge in [-0.25, -0.2) is 4.98 Å². The molecule has 20 heavy (non-hydrogen) atoms. The van der Waals surface area contributed by atoms with Gasteiger partial charge < -0.3 is 4.90 Å². The van der Waals surface area contributed by atoms with Crippen molar-refractivity contribution in [2.45, 2.75) is 38.6 Å². The third-order valence-electron chi connectivity index (χ3n) is 3.53. The standard InChI is InChI=1S/C16H21ClN2S/c1-11(2)14-8-13(10-17)9-16(18-14)19(4)12(3)15-6-5-7-20-15/h5-9,11-12H,10H2,1-4H3. The normalized spacial score (nSPS) is 12.7. The fourth-order valence-electron chi connectivity index (χ4n) is 2.07. The zero-order valence-corrected chi connectivity index (χ0v) is 14.0. The molecule has 2 aromatic heterocycles. The lowest BCUT2D eigenvalue weighted by Crippen LogP contribution is -2.22. The molecular weight excluding hydrogens is 288 g/mol. The zero-order valence-electron chi connectivity index (χ0n) is 12.4. The summed E-state index contributed by atoms with van der Waals surface area (Å²) in [6.45, 7) is 6.52. The smallest absolute Gasteiger partial charge is 0.129 e. The predicted molar refractivity (Wildman–Crippen MR) is 89.0 cm³/mol. The van der Waals surface area contributed by atoms with E-state index < -0.39 is 0 Å². The highest BCUT2D eigenvalue weighted by atomic mass is 35.5. The van der Waals surface area contributed by atoms with E-state index in [0.29, 0.717) is 17.8 Å². The van der Waals surface area contributed by atoms with Gasteiger partial charge in [0.25, 0.3) is 0 Å². The van der Waals surface area contributed by atoms with Crippen molar-refractivity contribution in [3.8, 4) is 0 Å². The number of hydrogen-bond donors (Lipinski definition) is 0. The van der Waals surface area contributed by atoms with Crippen LogP contribution in [0.15, 0.2) is 29.6 Å². The predicted octanol–water partition coefficient (Wildman–Crippen LogP) is 5.20. The molecule has 2 rings (SSSR count). The Hall–Kier alpha value is -1.06. The van der Waals surface area contributed by atoms with Crippen LogP contribution in [0.5, 0.6) is 0 Å². The summed E-state index contributed by atoms with van der Waals surface area (Å²) < 4.78 is 0. The number of halogens is 1. The van der Waals surface area contributed by atoms with Gasteiger partial charge in [0.1, 0.15) is 5.82 Å². The molecule has 1 atom stereocenters. The minimum absolute atomic E-state index is 0.313. The van der Waals surface area contributed by atoms with Crippen molar-refractivity contribution >= 4 is 28.8 Å². The van der Waals surface area contributed by atoms with E-state index in [1.165, 1.54) is 4.88 Å². The van der Waals surface area contributed by atoms with Crippen LogP contribution in [0.1, 0.15) is 48.9 Å². The van der Waals surface area contributed by atoms with Crippen LogP contribution in [0.4, 0.5) is 5.82 Å². The van der Waals surface area contributed by atoms with Crippen molar-refractivity contribution in [2.24, 2.45) is 0 Å². The van der Waals surface area contributed by atoms with Crippen molar-refractivity contribution in [1.82, 2.24) is 4.98 Å². The van der Waals surface area contributed by atoms with Crippen molar-refractivity contribution in [3.63, 3.8) is 0 Å². The molecule has 0 saturated carbocycles. The molecule has 108 valence electrons. The summed E-state index contributed by atoms with van der Waals surface area (Å²) in [7, 11) is 2.09. The van der Waals surface area contributed by atoms with E-state index in [9.17, 15) is 0 Å². The molecule has 0 bridgehead atoms. The fourth-order valence-corrected chi connectivity index (χ4v) is 3.05. The van der Waals surface area contributed by atoms with Crippen LogP contribution in [-0.2, 0) is 5.88 Å². The minimum Gasteiger partial charge on any atom is -0.352 e. The first-order valence-corrected chi connectivity index (χ1v) is 8.27. The van der Waals surface area contributed by atoms with Gasteiger partial charge in [-0.05, 0) is 42.0 Å². The van der Waals surface area contributed by atoms with E-state index in [1.807, 2.05) is 0 Å². The lowest BCUT2D eigenvalue weighted by atomic mass is 10.1. The second-order valence-corrected chi connectivity index (χ2v) is 6.60. The van der Waals surface area contributed by atoms with Crippen LogP contribution in [0.3, 0.4) is 0 Å². The molecule has 0 saturated heterocycles. The van der Waals surface area contributed by atoms with Gasteiger partial charge in [0, 0.05) is 23.5 Å². The molecular formula is C16H21ClN2S. The maximum atomic E-state index is 6.02. The Morgan fingerprint density at radius 2 is 2.05 bits per heavy atom. The highest BCUT2D eigenvalue weighted by molar-refractivity contribution is 7.10. The monoisotopic (exact) mass is 308 g/mol. The molecule has 0 N–H and O–H groups in total. The molecule has 0 aromatic carbocycles. The number of hydrogen-bond acceptors (Lipinski definition) is 3. The second kappa shape index (κ2) is 6.59. The largest absolute Gasteiger partial charge is 0.352 e. The number of thiophene rings is 1. The first kappa shape index (κ1) is 15.3. The summed E-state index contributed by atoms with van der Waals surface area (Å²) in [5, 5.41) is 2.11. The first-order chi connectivity index (χ1) is 9.52. The van der Waals surface area contributed by atoms with Crippen LogP contribution in [0, 0.1) is 0 Å². The van der Waals surface area contributed by atoms with Crippen molar-refractivity contribution < 1.29 is 0 Å². The van der Waals surface area contributed by atoms with Gasteiger partial charge in [-0.3, -0.25) is 0 Å². The quantitative estimate of drug-likeness (QED) is 0.705. The van der Waals surface area contributed by atoms with Gasteiger partial charge in [0.2, 0.25) is 0 Å². The number of aromatic nitrogens is 1. The van der Waals surface area contributed by atoms with Crippen molar-refractivity contribution in [2.75, 3.05) is 11.9 Å². The number of alkyl halides is 1. The van der Waals surface area contributed by atoms with Crippen LogP contribution >= 0.6 is 22.9 Å². The molecule has 4 heteroatoms. The Morgan fingerprint density at radius 3 is 2.60 bits per heavy atom. The van der Waals surface area contributed by atoms with E-state index in [2.05, 4.69) is 62.4 Å². The van der Waals surface area contributed by atoms with Crippen LogP contribution in [-0.4, -0.2) is 12.0 Å². The molecule has 0 fully saturated rings. The summed E-state index contributed by atoms with van der Waals surface area (Å²) in [6, 6.07) is 8.76. The molecule has 0 aliphatic carbocycles. The molecule has 0 amide bonds. The number of pyridine rings is 1. The Kier molecular flexibility index (Phi) is 5.06. The van der Waals surface area contributed by atoms with E-state index in [0.717, 1.165) is 17.1 Å². The summed E-state index contributed by atoms with van der Waals surface area (Å²) >= 11 is 7.79. The average Bonchev–Trinajstić information content (AvgIpc) is 2.99. The minimum atomic E-state index is 0.313. The summed E-state index contributed by atoms with van der Waals surface area (Å²) in [4.78, 5) is 8.34. The zero-order chi connectivity index (χ0) is 14.7. The average molecular weight is 309 g/mol. The molecule has 0 radical (unpaired) electrons. The van der Waals surface area contributed by atoms with E-state index >= 15 is 0 Å². The molecule has 2 heterocycles. The number of rotatable bonds is 5. The molecule has 2 aromatic rings. The van der Waals surface area contributed by atoms with Crippen LogP contribution in [0.2, 0.25) is 0 Å². The highest BCUT2D eigenvalue weighted by Gasteiger charge is 2.16. The maximum absolute atomic E-state index is 6.02. The van der Waals surface area contributed by atoms with Gasteiger partial charge in [0.05, 0.1) is 6.04 Å². The van der Waals surface area contributed by atoms with Crippen molar-refractivity contribution in [3.05, 3.63) is 45.8 Å². The Morgan fingerprint density at radius 1 is 1.30 bits per heavy atom. The van der Waals surface area contributed by atoms with Gasteiger partial charge in [-0.2, -0.15) is 0 Å². The molecule has 0 spiro atoms. The van der Waals surface area contributed by atoms with Crippen molar-refractivity contribution in [1.29, 1.82) is 0 Å². The van der Waals surface area contributed by atoms with Crippen LogP contribution in [0.25, 0.3) is 0 Å². The van der Waals surface area contributed by atoms with Gasteiger partial charge in [0.15, 0.2) is 0 Å². The first-order valence-electron chi connectivity index (χ1n) is 6.86. The van der Waals surface area contributed by atoms with E-state index in [4.69, 9.17) is 16.6 Å². The highest BCUT2D eigenvalue weighted by Crippen LogP contribution is 2.29. The van der Waals surface area contributed by atoms with Gasteiger partial charge in [-0.1, -0.05) is 19.9 Å². The molecule has 1 unspecified atom stereocenters. The molecule has 0 aliphatic rings. The summed E-state index contributed by atoms with van der Waals surface area (Å²) in [5.41, 5.74) is 2.23. The summed E-state index contributed by atoms with van der Waals surface area (Å²) in [5.74, 6) is 1.92. The topological polar surface area (TPSA) is 16.1 Å². The Bertz CT molecular complexity index is 552. The lowest BCUT2D eigenvalue weighted by Gasteiger charge is -2.26. The van der Waals surface area contributed by atoms with Crippen LogP contribution < -0.4 is 4.90 Å². The Balaban J connectivity index is 2.33. The lowest BCUT2D eigenvalue weighted by molar-refractivity contribution is 0.729. The molecule has 2 nitrogen and oxygen atoms in total. The number of nitrogens with zero attached hydrogens (tertiary/aromatic N) is 2. The third-order valence-corrected chi connectivity index (χ3v) is 4.89. The van der Waals surface area contributed by atoms with Gasteiger partial charge in [-0.15, -0.1) is 22.9 Å². The Labute approximate surface area is 130 Å². The van der Waals surface area contributed by atoms with Gasteiger partial charge >= 0.3 is 0 Å². The fraction of sp³-hybridized carbons (Fsp3) is 0.438. The second-order valence-electron chi connectivity index (χ2n) is 5.35. The van der Waals surface area contributed by atoms with E-state index in [-0.39, 0.29) is 0 Å². The SMILES string of the molecule is CC(C)c1cc(CCl)cc(N(C)C(C)c2cccs2)n1. The summed E-state index contributed by atoms with van der Waals surface area (Å²) in [6.07, 6.45) is 0. The number of anilines is 1.